The van der Waals surface area contributed by atoms with Crippen LogP contribution in [0.15, 0.2) is 40.0 Å². The number of thioether (sulfide) groups is 1. The minimum atomic E-state index is -3.10. The fourth-order valence-corrected chi connectivity index (χ4v) is 8.23. The molecule has 1 aromatic carbocycles. The molecule has 1 saturated heterocycles. The molecule has 2 aromatic heterocycles. The summed E-state index contributed by atoms with van der Waals surface area (Å²) in [5, 5.41) is 7.62. The number of amides is 1. The summed E-state index contributed by atoms with van der Waals surface area (Å²) in [6.07, 6.45) is 7.45. The molecule has 1 aliphatic carbocycles. The number of aromatic nitrogens is 2. The van der Waals surface area contributed by atoms with Gasteiger partial charge in [-0.1, -0.05) is 18.2 Å². The maximum Gasteiger partial charge on any atom is 0.254 e. The molecule has 0 radical (unpaired) electrons. The molecule has 222 valence electrons. The van der Waals surface area contributed by atoms with Gasteiger partial charge in [-0.15, -0.1) is 11.8 Å². The van der Waals surface area contributed by atoms with Crippen molar-refractivity contribution in [2.24, 2.45) is 5.92 Å². The van der Waals surface area contributed by atoms with E-state index in [9.17, 15) is 18.0 Å². The van der Waals surface area contributed by atoms with Crippen LogP contribution >= 0.6 is 11.8 Å². The molecule has 3 aromatic rings. The number of nitrogens with one attached hydrogen (secondary N) is 3. The number of fused-ring (bicyclic) bond motifs is 1. The van der Waals surface area contributed by atoms with Gasteiger partial charge in [-0.25, -0.2) is 8.42 Å². The number of sulfonamides is 1. The van der Waals surface area contributed by atoms with Crippen molar-refractivity contribution in [1.29, 1.82) is 0 Å². The maximum absolute atomic E-state index is 13.6. The first-order valence-corrected chi connectivity index (χ1v) is 17.4. The second-order valence-corrected chi connectivity index (χ2v) is 14.5. The number of benzene rings is 1. The van der Waals surface area contributed by atoms with Crippen molar-refractivity contribution < 1.29 is 13.2 Å². The van der Waals surface area contributed by atoms with Crippen molar-refractivity contribution in [3.8, 4) is 0 Å². The van der Waals surface area contributed by atoms with Crippen LogP contribution in [0, 0.1) is 19.8 Å². The highest BCUT2D eigenvalue weighted by molar-refractivity contribution is 7.98. The highest BCUT2D eigenvalue weighted by Crippen LogP contribution is 2.38. The van der Waals surface area contributed by atoms with Crippen LogP contribution in [0.2, 0.25) is 0 Å². The molecular weight excluding hydrogens is 558 g/mol. The molecule has 9 nitrogen and oxygen atoms in total. The molecule has 1 saturated carbocycles. The van der Waals surface area contributed by atoms with Crippen LogP contribution < -0.4 is 16.2 Å². The van der Waals surface area contributed by atoms with E-state index in [1.165, 1.54) is 22.3 Å². The van der Waals surface area contributed by atoms with E-state index < -0.39 is 10.0 Å². The number of carbonyl (C=O) groups excluding carboxylic acids is 1. The van der Waals surface area contributed by atoms with Gasteiger partial charge in [0.25, 0.3) is 11.5 Å². The standard InChI is InChI=1S/C30H41N5O4S2/c1-18-14-27(40-4)25(29(36)32-18)15-31-30(37)28-20(3)35(26-9-7-6-8-24(26)28)19(2)21-10-12-22(13-11-21)33-23-16-34(17-23)41(5,38)39/h6-9,14,19,21-23,33H,10-13,15-17H2,1-5H3,(H,31,37)(H,32,36)/t19-,21?,22?/m1/s1. The van der Waals surface area contributed by atoms with Gasteiger partial charge in [0.2, 0.25) is 10.0 Å². The van der Waals surface area contributed by atoms with E-state index in [0.717, 1.165) is 52.9 Å². The quantitative estimate of drug-likeness (QED) is 0.321. The largest absolute Gasteiger partial charge is 0.348 e. The smallest absolute Gasteiger partial charge is 0.254 e. The SMILES string of the molecule is CSc1cc(C)[nH]c(=O)c1CNC(=O)c1c(C)n([C@H](C)C2CCC(NC3CN(S(C)(=O)=O)C3)CC2)c2ccccc12. The number of hydrogen-bond acceptors (Lipinski definition) is 6. The van der Waals surface area contributed by atoms with E-state index in [1.807, 2.05) is 44.4 Å². The number of rotatable bonds is 9. The number of carbonyl (C=O) groups is 1. The van der Waals surface area contributed by atoms with Crippen LogP contribution in [-0.4, -0.2) is 65.9 Å². The van der Waals surface area contributed by atoms with E-state index in [2.05, 4.69) is 33.2 Å². The van der Waals surface area contributed by atoms with Gasteiger partial charge >= 0.3 is 0 Å². The molecule has 1 atom stereocenters. The maximum atomic E-state index is 13.6. The second kappa shape index (κ2) is 11.9. The van der Waals surface area contributed by atoms with Crippen molar-refractivity contribution in [3.63, 3.8) is 0 Å². The van der Waals surface area contributed by atoms with E-state index in [4.69, 9.17) is 0 Å². The first kappa shape index (κ1) is 29.9. The second-order valence-electron chi connectivity index (χ2n) is 11.7. The van der Waals surface area contributed by atoms with Gasteiger partial charge < -0.3 is 20.2 Å². The third-order valence-corrected chi connectivity index (χ3v) is 10.9. The van der Waals surface area contributed by atoms with E-state index in [1.54, 1.807) is 0 Å². The van der Waals surface area contributed by atoms with Gasteiger partial charge in [0, 0.05) is 70.5 Å². The third-order valence-electron chi connectivity index (χ3n) is 8.91. The lowest BCUT2D eigenvalue weighted by Crippen LogP contribution is -2.61. The molecule has 11 heteroatoms. The Kier molecular flexibility index (Phi) is 8.71. The first-order chi connectivity index (χ1) is 19.5. The zero-order chi connectivity index (χ0) is 29.5. The highest BCUT2D eigenvalue weighted by atomic mass is 32.2. The zero-order valence-electron chi connectivity index (χ0n) is 24.5. The van der Waals surface area contributed by atoms with Crippen LogP contribution in [-0.2, 0) is 16.6 Å². The number of H-pyrrole nitrogens is 1. The van der Waals surface area contributed by atoms with Gasteiger partial charge in [0.05, 0.1) is 11.8 Å². The molecule has 0 spiro atoms. The summed E-state index contributed by atoms with van der Waals surface area (Å²) in [5.41, 5.74) is 3.86. The van der Waals surface area contributed by atoms with Crippen molar-refractivity contribution >= 4 is 38.6 Å². The summed E-state index contributed by atoms with van der Waals surface area (Å²) in [5.74, 6) is 0.302. The predicted octanol–water partition coefficient (Wildman–Crippen LogP) is 3.95. The lowest BCUT2D eigenvalue weighted by Gasteiger charge is -2.42. The molecule has 2 fully saturated rings. The molecule has 2 aliphatic rings. The van der Waals surface area contributed by atoms with Gasteiger partial charge in [-0.05, 0) is 70.8 Å². The Labute approximate surface area is 246 Å². The Bertz CT molecular complexity index is 1600. The first-order valence-electron chi connectivity index (χ1n) is 14.3. The van der Waals surface area contributed by atoms with Crippen molar-refractivity contribution in [3.05, 3.63) is 63.2 Å². The summed E-state index contributed by atoms with van der Waals surface area (Å²) in [7, 11) is -3.10. The van der Waals surface area contributed by atoms with Gasteiger partial charge in [-0.3, -0.25) is 9.59 Å². The number of aryl methyl sites for hydroxylation is 1. The van der Waals surface area contributed by atoms with Crippen molar-refractivity contribution in [2.45, 2.75) is 76.0 Å². The lowest BCUT2D eigenvalue weighted by molar-refractivity contribution is 0.0951. The fourth-order valence-electron chi connectivity index (χ4n) is 6.62. The van der Waals surface area contributed by atoms with E-state index >= 15 is 0 Å². The van der Waals surface area contributed by atoms with E-state index in [0.29, 0.717) is 36.2 Å². The molecule has 1 amide bonds. The van der Waals surface area contributed by atoms with Crippen LogP contribution in [0.25, 0.3) is 10.9 Å². The Hall–Kier alpha value is -2.60. The predicted molar refractivity (Wildman–Crippen MR) is 165 cm³/mol. The Morgan fingerprint density at radius 3 is 2.46 bits per heavy atom. The summed E-state index contributed by atoms with van der Waals surface area (Å²) < 4.78 is 27.2. The molecule has 41 heavy (non-hydrogen) atoms. The van der Waals surface area contributed by atoms with Crippen LogP contribution in [0.1, 0.15) is 66.0 Å². The monoisotopic (exact) mass is 599 g/mol. The highest BCUT2D eigenvalue weighted by Gasteiger charge is 2.36. The molecule has 3 heterocycles. The fraction of sp³-hybridized carbons (Fsp3) is 0.533. The normalized spacial score (nSPS) is 21.1. The lowest BCUT2D eigenvalue weighted by atomic mass is 9.81. The molecule has 5 rings (SSSR count). The summed E-state index contributed by atoms with van der Waals surface area (Å²) in [6.45, 7) is 7.42. The minimum Gasteiger partial charge on any atom is -0.348 e. The number of hydrogen-bond donors (Lipinski definition) is 3. The zero-order valence-corrected chi connectivity index (χ0v) is 26.1. The number of pyridine rings is 1. The topological polar surface area (TPSA) is 116 Å². The average molecular weight is 600 g/mol. The van der Waals surface area contributed by atoms with Gasteiger partial charge in [0.1, 0.15) is 0 Å². The molecule has 0 bridgehead atoms. The molecular formula is C30H41N5O4S2. The summed E-state index contributed by atoms with van der Waals surface area (Å²) in [6, 6.07) is 10.9. The van der Waals surface area contributed by atoms with Gasteiger partial charge in [0.15, 0.2) is 0 Å². The minimum absolute atomic E-state index is 0.166. The van der Waals surface area contributed by atoms with Crippen LogP contribution in [0.5, 0.6) is 0 Å². The average Bonchev–Trinajstić information content (AvgIpc) is 3.20. The molecule has 3 N–H and O–H groups in total. The Morgan fingerprint density at radius 2 is 1.80 bits per heavy atom. The van der Waals surface area contributed by atoms with E-state index in [-0.39, 0.29) is 30.1 Å². The van der Waals surface area contributed by atoms with Crippen LogP contribution in [0.4, 0.5) is 0 Å². The number of para-hydroxylation sites is 1. The third kappa shape index (κ3) is 6.14. The summed E-state index contributed by atoms with van der Waals surface area (Å²) >= 11 is 1.50. The Morgan fingerprint density at radius 1 is 1.12 bits per heavy atom. The summed E-state index contributed by atoms with van der Waals surface area (Å²) in [4.78, 5) is 29.9. The molecule has 0 unspecified atom stereocenters. The van der Waals surface area contributed by atoms with Crippen molar-refractivity contribution in [1.82, 2.24) is 24.5 Å². The van der Waals surface area contributed by atoms with Crippen LogP contribution in [0.3, 0.4) is 0 Å². The van der Waals surface area contributed by atoms with Crippen molar-refractivity contribution in [2.75, 3.05) is 25.6 Å². The Balaban J connectivity index is 1.29. The van der Waals surface area contributed by atoms with Gasteiger partial charge in [-0.2, -0.15) is 4.31 Å². The number of nitrogens with zero attached hydrogens (tertiary/aromatic N) is 2. The number of aromatic amines is 1. The molecule has 1 aliphatic heterocycles.